The van der Waals surface area contributed by atoms with E-state index in [1.807, 2.05) is 6.92 Å². The standard InChI is InChI=1S/C19H20F2N2O6/c1-4-28-14-8-6-11(9-15(14)27-3)17(24)22-23-18(25)12-5-7-13(26-2)16(10-12)29-19(20)21/h5-10,19H,4H2,1-3H3,(H,22,24)(H,23,25). The Hall–Kier alpha value is -3.56. The van der Waals surface area contributed by atoms with Crippen LogP contribution in [0.25, 0.3) is 0 Å². The molecule has 2 aromatic rings. The van der Waals surface area contributed by atoms with Crippen LogP contribution in [0.4, 0.5) is 8.78 Å². The number of ether oxygens (including phenoxy) is 4. The van der Waals surface area contributed by atoms with E-state index in [2.05, 4.69) is 15.6 Å². The Morgan fingerprint density at radius 2 is 1.38 bits per heavy atom. The molecule has 0 aromatic heterocycles. The fourth-order valence-electron chi connectivity index (χ4n) is 2.35. The number of hydrogen-bond donors (Lipinski definition) is 2. The van der Waals surface area contributed by atoms with Crippen molar-refractivity contribution in [1.29, 1.82) is 0 Å². The second-order valence-electron chi connectivity index (χ2n) is 5.45. The molecule has 10 heteroatoms. The number of nitrogens with one attached hydrogen (secondary N) is 2. The summed E-state index contributed by atoms with van der Waals surface area (Å²) in [7, 11) is 2.71. The summed E-state index contributed by atoms with van der Waals surface area (Å²) in [4.78, 5) is 24.5. The summed E-state index contributed by atoms with van der Waals surface area (Å²) in [5.74, 6) is -0.796. The Balaban J connectivity index is 2.07. The molecule has 0 bridgehead atoms. The van der Waals surface area contributed by atoms with E-state index in [0.717, 1.165) is 6.07 Å². The van der Waals surface area contributed by atoms with Crippen molar-refractivity contribution in [2.45, 2.75) is 13.5 Å². The summed E-state index contributed by atoms with van der Waals surface area (Å²) in [6.45, 7) is -0.847. The quantitative estimate of drug-likeness (QED) is 0.650. The minimum Gasteiger partial charge on any atom is -0.493 e. The smallest absolute Gasteiger partial charge is 0.387 e. The second kappa shape index (κ2) is 10.1. The summed E-state index contributed by atoms with van der Waals surface area (Å²) >= 11 is 0. The van der Waals surface area contributed by atoms with Gasteiger partial charge in [0.25, 0.3) is 11.8 Å². The van der Waals surface area contributed by atoms with E-state index in [1.54, 1.807) is 6.07 Å². The van der Waals surface area contributed by atoms with Gasteiger partial charge in [0.2, 0.25) is 0 Å². The van der Waals surface area contributed by atoms with Gasteiger partial charge in [0.05, 0.1) is 20.8 Å². The van der Waals surface area contributed by atoms with Gasteiger partial charge in [0.1, 0.15) is 0 Å². The topological polar surface area (TPSA) is 95.1 Å². The SMILES string of the molecule is CCOc1ccc(C(=O)NNC(=O)c2ccc(OC)c(OC(F)F)c2)cc1OC. The molecule has 0 saturated carbocycles. The highest BCUT2D eigenvalue weighted by Gasteiger charge is 2.16. The number of benzene rings is 2. The molecule has 0 atom stereocenters. The number of halogens is 2. The lowest BCUT2D eigenvalue weighted by Crippen LogP contribution is -2.41. The van der Waals surface area contributed by atoms with Crippen LogP contribution in [0.3, 0.4) is 0 Å². The summed E-state index contributed by atoms with van der Waals surface area (Å²) in [5.41, 5.74) is 4.62. The molecule has 0 aliphatic rings. The van der Waals surface area contributed by atoms with Crippen LogP contribution in [-0.2, 0) is 0 Å². The van der Waals surface area contributed by atoms with Gasteiger partial charge in [0, 0.05) is 11.1 Å². The summed E-state index contributed by atoms with van der Waals surface area (Å²) < 4.78 is 44.8. The van der Waals surface area contributed by atoms with Crippen molar-refractivity contribution < 1.29 is 37.3 Å². The summed E-state index contributed by atoms with van der Waals surface area (Å²) in [6, 6.07) is 8.22. The third kappa shape index (κ3) is 5.71. The highest BCUT2D eigenvalue weighted by molar-refractivity contribution is 5.99. The van der Waals surface area contributed by atoms with Crippen LogP contribution in [0, 0.1) is 0 Å². The van der Waals surface area contributed by atoms with Crippen LogP contribution in [0.1, 0.15) is 27.6 Å². The van der Waals surface area contributed by atoms with Crippen molar-refractivity contribution in [3.63, 3.8) is 0 Å². The van der Waals surface area contributed by atoms with Crippen LogP contribution in [0.2, 0.25) is 0 Å². The van der Waals surface area contributed by atoms with Gasteiger partial charge in [-0.25, -0.2) is 0 Å². The molecule has 2 amide bonds. The summed E-state index contributed by atoms with van der Waals surface area (Å²) in [5, 5.41) is 0. The number of rotatable bonds is 8. The molecule has 0 heterocycles. The van der Waals surface area contributed by atoms with Gasteiger partial charge in [-0.1, -0.05) is 0 Å². The Kier molecular flexibility index (Phi) is 7.58. The number of alkyl halides is 2. The molecule has 2 aromatic carbocycles. The van der Waals surface area contributed by atoms with Crippen molar-refractivity contribution in [1.82, 2.24) is 10.9 Å². The number of hydrogen-bond acceptors (Lipinski definition) is 6. The highest BCUT2D eigenvalue weighted by Crippen LogP contribution is 2.30. The molecule has 0 spiro atoms. The average Bonchev–Trinajstić information content (AvgIpc) is 2.71. The summed E-state index contributed by atoms with van der Waals surface area (Å²) in [6.07, 6.45) is 0. The maximum atomic E-state index is 12.5. The zero-order chi connectivity index (χ0) is 21.4. The number of amides is 2. The Morgan fingerprint density at radius 1 is 0.862 bits per heavy atom. The van der Waals surface area contributed by atoms with Gasteiger partial charge in [-0.15, -0.1) is 0 Å². The van der Waals surface area contributed by atoms with Gasteiger partial charge >= 0.3 is 6.61 Å². The van der Waals surface area contributed by atoms with E-state index in [9.17, 15) is 18.4 Å². The monoisotopic (exact) mass is 410 g/mol. The van der Waals surface area contributed by atoms with Crippen molar-refractivity contribution in [3.05, 3.63) is 47.5 Å². The first-order valence-electron chi connectivity index (χ1n) is 8.44. The van der Waals surface area contributed by atoms with Crippen LogP contribution in [-0.4, -0.2) is 39.3 Å². The van der Waals surface area contributed by atoms with E-state index < -0.39 is 18.4 Å². The lowest BCUT2D eigenvalue weighted by molar-refractivity contribution is -0.0512. The fourth-order valence-corrected chi connectivity index (χ4v) is 2.35. The van der Waals surface area contributed by atoms with Gasteiger partial charge in [0.15, 0.2) is 23.0 Å². The van der Waals surface area contributed by atoms with Gasteiger partial charge in [-0.3, -0.25) is 20.4 Å². The first-order chi connectivity index (χ1) is 13.9. The van der Waals surface area contributed by atoms with Gasteiger partial charge in [-0.05, 0) is 43.3 Å². The van der Waals surface area contributed by atoms with E-state index in [-0.39, 0.29) is 22.6 Å². The van der Waals surface area contributed by atoms with Crippen molar-refractivity contribution in [2.75, 3.05) is 20.8 Å². The molecular weight excluding hydrogens is 390 g/mol. The highest BCUT2D eigenvalue weighted by atomic mass is 19.3. The van der Waals surface area contributed by atoms with E-state index >= 15 is 0 Å². The zero-order valence-corrected chi connectivity index (χ0v) is 16.0. The zero-order valence-electron chi connectivity index (χ0n) is 16.0. The van der Waals surface area contributed by atoms with Crippen molar-refractivity contribution in [2.24, 2.45) is 0 Å². The predicted octanol–water partition coefficient (Wildman–Crippen LogP) is 2.78. The Labute approximate surface area is 165 Å². The third-order valence-electron chi connectivity index (χ3n) is 3.66. The number of hydrazine groups is 1. The van der Waals surface area contributed by atoms with Crippen LogP contribution >= 0.6 is 0 Å². The lowest BCUT2D eigenvalue weighted by Gasteiger charge is -2.13. The molecule has 0 aliphatic carbocycles. The molecule has 156 valence electrons. The van der Waals surface area contributed by atoms with E-state index in [4.69, 9.17) is 14.2 Å². The minimum absolute atomic E-state index is 0.0222. The van der Waals surface area contributed by atoms with Crippen molar-refractivity contribution >= 4 is 11.8 Å². The molecule has 0 radical (unpaired) electrons. The molecule has 2 N–H and O–H groups in total. The average molecular weight is 410 g/mol. The number of methoxy groups -OCH3 is 2. The van der Waals surface area contributed by atoms with E-state index in [0.29, 0.717) is 18.1 Å². The number of carbonyl (C=O) groups is 2. The van der Waals surface area contributed by atoms with Gasteiger partial charge < -0.3 is 18.9 Å². The lowest BCUT2D eigenvalue weighted by atomic mass is 10.2. The maximum absolute atomic E-state index is 12.5. The predicted molar refractivity (Wildman–Crippen MR) is 98.7 cm³/mol. The van der Waals surface area contributed by atoms with Crippen LogP contribution in [0.15, 0.2) is 36.4 Å². The van der Waals surface area contributed by atoms with Gasteiger partial charge in [-0.2, -0.15) is 8.78 Å². The molecule has 29 heavy (non-hydrogen) atoms. The van der Waals surface area contributed by atoms with Crippen LogP contribution in [0.5, 0.6) is 23.0 Å². The minimum atomic E-state index is -3.09. The maximum Gasteiger partial charge on any atom is 0.387 e. The first kappa shape index (κ1) is 21.7. The normalized spacial score (nSPS) is 10.3. The van der Waals surface area contributed by atoms with Crippen molar-refractivity contribution in [3.8, 4) is 23.0 Å². The largest absolute Gasteiger partial charge is 0.493 e. The molecule has 0 aliphatic heterocycles. The molecule has 0 saturated heterocycles. The molecule has 8 nitrogen and oxygen atoms in total. The number of carbonyl (C=O) groups excluding carboxylic acids is 2. The molecule has 2 rings (SSSR count). The Morgan fingerprint density at radius 3 is 1.86 bits per heavy atom. The Bertz CT molecular complexity index is 876. The molecular formula is C19H20F2N2O6. The van der Waals surface area contributed by atoms with E-state index in [1.165, 1.54) is 38.5 Å². The first-order valence-corrected chi connectivity index (χ1v) is 8.44. The molecule has 0 unspecified atom stereocenters. The second-order valence-corrected chi connectivity index (χ2v) is 5.45. The third-order valence-corrected chi connectivity index (χ3v) is 3.66. The molecule has 0 fully saturated rings. The van der Waals surface area contributed by atoms with Crippen LogP contribution < -0.4 is 29.8 Å². The fraction of sp³-hybridized carbons (Fsp3) is 0.263.